The largest absolute Gasteiger partial charge is 0.453 e. The lowest BCUT2D eigenvalue weighted by Gasteiger charge is -2.01. The highest BCUT2D eigenvalue weighted by molar-refractivity contribution is 6.30. The van der Waals surface area contributed by atoms with Gasteiger partial charge in [0.15, 0.2) is 12.4 Å². The molecule has 0 N–H and O–H groups in total. The van der Waals surface area contributed by atoms with E-state index in [0.29, 0.717) is 16.7 Å². The normalized spacial score (nSPS) is 11.2. The van der Waals surface area contributed by atoms with Crippen molar-refractivity contribution in [2.24, 2.45) is 0 Å². The van der Waals surface area contributed by atoms with Crippen LogP contribution in [0, 0.1) is 0 Å². The molecule has 0 aliphatic heterocycles. The van der Waals surface area contributed by atoms with Gasteiger partial charge in [-0.05, 0) is 36.4 Å². The second-order valence-corrected chi connectivity index (χ2v) is 6.42. The molecule has 4 aromatic rings. The molecule has 2 aromatic heterocycles. The van der Waals surface area contributed by atoms with E-state index >= 15 is 0 Å². The summed E-state index contributed by atoms with van der Waals surface area (Å²) in [6, 6.07) is 16.8. The minimum atomic E-state index is -0.487. The van der Waals surface area contributed by atoms with E-state index in [4.69, 9.17) is 20.8 Å². The number of benzene rings is 2. The first-order chi connectivity index (χ1) is 13.7. The maximum atomic E-state index is 12.0. The molecule has 0 saturated carbocycles. The predicted molar refractivity (Wildman–Crippen MR) is 108 cm³/mol. The molecule has 0 spiro atoms. The molecule has 0 atom stereocenters. The van der Waals surface area contributed by atoms with Crippen molar-refractivity contribution in [3.8, 4) is 11.3 Å². The highest BCUT2D eigenvalue weighted by atomic mass is 35.5. The van der Waals surface area contributed by atoms with Crippen molar-refractivity contribution in [1.29, 1.82) is 0 Å². The fourth-order valence-corrected chi connectivity index (χ4v) is 2.85. The van der Waals surface area contributed by atoms with Gasteiger partial charge in [0, 0.05) is 33.8 Å². The number of fused-ring (bicyclic) bond motifs is 1. The SMILES string of the molecule is O=C(C=Cc1cccc2cccnc12)OCc1ncc(-c2ccc(Cl)cc2)o1. The zero-order valence-electron chi connectivity index (χ0n) is 14.7. The van der Waals surface area contributed by atoms with Crippen LogP contribution in [0.5, 0.6) is 0 Å². The smallest absolute Gasteiger partial charge is 0.331 e. The van der Waals surface area contributed by atoms with E-state index in [-0.39, 0.29) is 6.61 Å². The van der Waals surface area contributed by atoms with Crippen molar-refractivity contribution in [3.63, 3.8) is 0 Å². The second-order valence-electron chi connectivity index (χ2n) is 5.99. The number of nitrogens with zero attached hydrogens (tertiary/aromatic N) is 2. The summed E-state index contributed by atoms with van der Waals surface area (Å²) in [6.07, 6.45) is 6.36. The van der Waals surface area contributed by atoms with Crippen LogP contribution < -0.4 is 0 Å². The van der Waals surface area contributed by atoms with Gasteiger partial charge in [-0.25, -0.2) is 9.78 Å². The van der Waals surface area contributed by atoms with Gasteiger partial charge in [-0.2, -0.15) is 0 Å². The zero-order chi connectivity index (χ0) is 19.3. The van der Waals surface area contributed by atoms with Gasteiger partial charge in [-0.15, -0.1) is 0 Å². The third kappa shape index (κ3) is 4.10. The number of hydrogen-bond donors (Lipinski definition) is 0. The summed E-state index contributed by atoms with van der Waals surface area (Å²) in [5.74, 6) is 0.415. The van der Waals surface area contributed by atoms with Crippen molar-refractivity contribution < 1.29 is 13.9 Å². The van der Waals surface area contributed by atoms with Crippen LogP contribution in [0.3, 0.4) is 0 Å². The van der Waals surface area contributed by atoms with Crippen molar-refractivity contribution in [2.75, 3.05) is 0 Å². The Balaban J connectivity index is 1.39. The van der Waals surface area contributed by atoms with Gasteiger partial charge in [-0.3, -0.25) is 4.98 Å². The maximum Gasteiger partial charge on any atom is 0.331 e. The highest BCUT2D eigenvalue weighted by Crippen LogP contribution is 2.22. The minimum Gasteiger partial charge on any atom is -0.453 e. The molecular weight excluding hydrogens is 376 g/mol. The Morgan fingerprint density at radius 1 is 1.07 bits per heavy atom. The van der Waals surface area contributed by atoms with E-state index in [1.54, 1.807) is 30.6 Å². The average Bonchev–Trinajstić information content (AvgIpc) is 3.20. The molecule has 0 saturated heterocycles. The van der Waals surface area contributed by atoms with E-state index in [0.717, 1.165) is 22.0 Å². The lowest BCUT2D eigenvalue weighted by Crippen LogP contribution is -2.00. The predicted octanol–water partition coefficient (Wildman–Crippen LogP) is 5.30. The standard InChI is InChI=1S/C22H15ClN2O3/c23-18-9-6-15(7-10-18)19-13-25-20(28-19)14-27-21(26)11-8-17-4-1-3-16-5-2-12-24-22(16)17/h1-13H,14H2. The molecule has 138 valence electrons. The Labute approximate surface area is 166 Å². The summed E-state index contributed by atoms with van der Waals surface area (Å²) >= 11 is 5.88. The highest BCUT2D eigenvalue weighted by Gasteiger charge is 2.08. The third-order valence-electron chi connectivity index (χ3n) is 4.08. The maximum absolute atomic E-state index is 12.0. The molecule has 0 aliphatic rings. The van der Waals surface area contributed by atoms with E-state index in [1.807, 2.05) is 42.5 Å². The van der Waals surface area contributed by atoms with Crippen LogP contribution in [0.25, 0.3) is 28.3 Å². The molecule has 6 heteroatoms. The molecule has 2 heterocycles. The summed E-state index contributed by atoms with van der Waals surface area (Å²) in [4.78, 5) is 20.5. The molecule has 0 aliphatic carbocycles. The molecule has 0 radical (unpaired) electrons. The Morgan fingerprint density at radius 3 is 2.75 bits per heavy atom. The molecule has 0 unspecified atom stereocenters. The molecule has 5 nitrogen and oxygen atoms in total. The van der Waals surface area contributed by atoms with Crippen LogP contribution >= 0.6 is 11.6 Å². The fourth-order valence-electron chi connectivity index (χ4n) is 2.73. The number of para-hydroxylation sites is 1. The zero-order valence-corrected chi connectivity index (χ0v) is 15.5. The van der Waals surface area contributed by atoms with Gasteiger partial charge in [0.2, 0.25) is 5.89 Å². The van der Waals surface area contributed by atoms with Gasteiger partial charge in [-0.1, -0.05) is 35.9 Å². The molecule has 2 aromatic carbocycles. The summed E-state index contributed by atoms with van der Waals surface area (Å²) in [7, 11) is 0. The van der Waals surface area contributed by atoms with Crippen molar-refractivity contribution >= 4 is 34.5 Å². The van der Waals surface area contributed by atoms with E-state index in [1.165, 1.54) is 6.08 Å². The quantitative estimate of drug-likeness (QED) is 0.341. The lowest BCUT2D eigenvalue weighted by molar-refractivity contribution is -0.139. The molecule has 0 fully saturated rings. The summed E-state index contributed by atoms with van der Waals surface area (Å²) in [6.45, 7) is -0.0510. The lowest BCUT2D eigenvalue weighted by atomic mass is 10.1. The minimum absolute atomic E-state index is 0.0510. The number of rotatable bonds is 5. The first-order valence-corrected chi connectivity index (χ1v) is 8.96. The van der Waals surface area contributed by atoms with Gasteiger partial charge in [0.05, 0.1) is 11.7 Å². The monoisotopic (exact) mass is 390 g/mol. The van der Waals surface area contributed by atoms with Crippen molar-refractivity contribution in [1.82, 2.24) is 9.97 Å². The van der Waals surface area contributed by atoms with Gasteiger partial charge < -0.3 is 9.15 Å². The summed E-state index contributed by atoms with van der Waals surface area (Å²) in [5, 5.41) is 1.65. The number of carbonyl (C=O) groups is 1. The number of aromatic nitrogens is 2. The van der Waals surface area contributed by atoms with Gasteiger partial charge >= 0.3 is 5.97 Å². The average molecular weight is 391 g/mol. The Kier molecular flexibility index (Phi) is 5.17. The molecule has 28 heavy (non-hydrogen) atoms. The second kappa shape index (κ2) is 8.06. The van der Waals surface area contributed by atoms with Crippen LogP contribution in [-0.2, 0) is 16.1 Å². The number of esters is 1. The van der Waals surface area contributed by atoms with Crippen LogP contribution in [0.4, 0.5) is 0 Å². The van der Waals surface area contributed by atoms with Gasteiger partial charge in [0.25, 0.3) is 0 Å². The van der Waals surface area contributed by atoms with Crippen molar-refractivity contribution in [3.05, 3.63) is 89.5 Å². The number of hydrogen-bond acceptors (Lipinski definition) is 5. The first-order valence-electron chi connectivity index (χ1n) is 8.58. The number of pyridine rings is 1. The topological polar surface area (TPSA) is 65.2 Å². The van der Waals surface area contributed by atoms with E-state index in [9.17, 15) is 4.79 Å². The van der Waals surface area contributed by atoms with Crippen LogP contribution in [0.1, 0.15) is 11.5 Å². The summed E-state index contributed by atoms with van der Waals surface area (Å²) < 4.78 is 10.8. The summed E-state index contributed by atoms with van der Waals surface area (Å²) in [5.41, 5.74) is 2.52. The Bertz CT molecular complexity index is 1140. The van der Waals surface area contributed by atoms with Crippen LogP contribution in [0.2, 0.25) is 5.02 Å². The molecular formula is C22H15ClN2O3. The number of carbonyl (C=O) groups excluding carboxylic acids is 1. The van der Waals surface area contributed by atoms with Crippen LogP contribution in [-0.4, -0.2) is 15.9 Å². The molecule has 0 bridgehead atoms. The Hall–Kier alpha value is -3.44. The van der Waals surface area contributed by atoms with E-state index < -0.39 is 5.97 Å². The van der Waals surface area contributed by atoms with E-state index in [2.05, 4.69) is 9.97 Å². The van der Waals surface area contributed by atoms with Crippen molar-refractivity contribution in [2.45, 2.75) is 6.61 Å². The number of halogens is 1. The first kappa shape index (κ1) is 17.9. The molecule has 4 rings (SSSR count). The number of oxazole rings is 1. The van der Waals surface area contributed by atoms with Gasteiger partial charge in [0.1, 0.15) is 0 Å². The Morgan fingerprint density at radius 2 is 1.89 bits per heavy atom. The van der Waals surface area contributed by atoms with Crippen LogP contribution in [0.15, 0.2) is 77.5 Å². The number of ether oxygens (including phenoxy) is 1. The fraction of sp³-hybridized carbons (Fsp3) is 0.0455. The third-order valence-corrected chi connectivity index (χ3v) is 4.34. The molecule has 0 amide bonds.